The normalized spacial score (nSPS) is 10.3. The summed E-state index contributed by atoms with van der Waals surface area (Å²) in [6, 6.07) is 7.27. The second-order valence-corrected chi connectivity index (χ2v) is 5.63. The van der Waals surface area contributed by atoms with Crippen molar-refractivity contribution in [2.24, 2.45) is 0 Å². The lowest BCUT2D eigenvalue weighted by molar-refractivity contribution is 0.367. The van der Waals surface area contributed by atoms with Crippen molar-refractivity contribution in [2.45, 2.75) is 30.5 Å². The van der Waals surface area contributed by atoms with E-state index in [0.717, 1.165) is 11.5 Å². The Bertz CT molecular complexity index is 739. The molecule has 0 saturated carbocycles. The fraction of sp³-hybridized carbons (Fsp3) is 0.286. The van der Waals surface area contributed by atoms with E-state index in [0.29, 0.717) is 16.3 Å². The lowest BCUT2D eigenvalue weighted by Gasteiger charge is -2.04. The summed E-state index contributed by atoms with van der Waals surface area (Å²) >= 11 is 1.34. The van der Waals surface area contributed by atoms with Crippen LogP contribution in [0.1, 0.15) is 42.3 Å². The Hall–Kier alpha value is -2.51. The Labute approximate surface area is 126 Å². The van der Waals surface area contributed by atoms with Crippen LogP contribution in [-0.4, -0.2) is 10.1 Å². The van der Waals surface area contributed by atoms with Crippen molar-refractivity contribution in [3.8, 4) is 12.1 Å². The van der Waals surface area contributed by atoms with Crippen LogP contribution in [0, 0.1) is 22.7 Å². The van der Waals surface area contributed by atoms with Gasteiger partial charge in [0, 0.05) is 17.7 Å². The molecule has 0 aromatic carbocycles. The Kier molecular flexibility index (Phi) is 4.46. The second kappa shape index (κ2) is 6.29. The van der Waals surface area contributed by atoms with Gasteiger partial charge in [-0.1, -0.05) is 30.8 Å². The molecule has 2 rings (SSSR count). The zero-order chi connectivity index (χ0) is 15.4. The summed E-state index contributed by atoms with van der Waals surface area (Å²) in [6.07, 6.45) is 0. The lowest BCUT2D eigenvalue weighted by Crippen LogP contribution is -1.99. The molecule has 0 amide bonds. The highest BCUT2D eigenvalue weighted by Crippen LogP contribution is 2.27. The second-order valence-electron chi connectivity index (χ2n) is 4.66. The molecule has 2 N–H and O–H groups in total. The van der Waals surface area contributed by atoms with Gasteiger partial charge in [-0.05, 0) is 6.07 Å². The van der Waals surface area contributed by atoms with Crippen LogP contribution < -0.4 is 5.73 Å². The highest BCUT2D eigenvalue weighted by atomic mass is 32.2. The summed E-state index contributed by atoms with van der Waals surface area (Å²) in [5, 5.41) is 22.5. The van der Waals surface area contributed by atoms with Gasteiger partial charge in [0.2, 0.25) is 0 Å². The van der Waals surface area contributed by atoms with Crippen molar-refractivity contribution in [1.29, 1.82) is 10.5 Å². The third-order valence-electron chi connectivity index (χ3n) is 2.76. The van der Waals surface area contributed by atoms with Gasteiger partial charge in [-0.3, -0.25) is 0 Å². The van der Waals surface area contributed by atoms with Gasteiger partial charge in [0.25, 0.3) is 0 Å². The van der Waals surface area contributed by atoms with E-state index < -0.39 is 0 Å². The molecule has 0 aliphatic rings. The molecule has 2 aromatic heterocycles. The average Bonchev–Trinajstić information content (AvgIpc) is 2.94. The van der Waals surface area contributed by atoms with Gasteiger partial charge >= 0.3 is 0 Å². The highest BCUT2D eigenvalue weighted by Gasteiger charge is 2.13. The minimum atomic E-state index is 0.127. The van der Waals surface area contributed by atoms with Gasteiger partial charge in [0.15, 0.2) is 0 Å². The van der Waals surface area contributed by atoms with Crippen molar-refractivity contribution in [3.63, 3.8) is 0 Å². The standard InChI is InChI=1S/C14H13N5OS/c1-8(2)12-4-11(19-20-12)7-21-14-10(6-16)3-9(5-15)13(17)18-14/h3-4,8H,7H2,1-2H3,(H2,17,18). The van der Waals surface area contributed by atoms with Gasteiger partial charge in [0.05, 0.1) is 16.8 Å². The first-order valence-corrected chi connectivity index (χ1v) is 7.22. The van der Waals surface area contributed by atoms with Crippen molar-refractivity contribution in [3.05, 3.63) is 34.7 Å². The predicted octanol–water partition coefficient (Wildman–Crippen LogP) is 2.81. The van der Waals surface area contributed by atoms with E-state index in [9.17, 15) is 0 Å². The number of pyridine rings is 1. The Morgan fingerprint density at radius 3 is 2.57 bits per heavy atom. The van der Waals surface area contributed by atoms with Crippen molar-refractivity contribution in [2.75, 3.05) is 5.73 Å². The number of nitriles is 2. The molecule has 0 unspecified atom stereocenters. The SMILES string of the molecule is CC(C)c1cc(CSc2nc(N)c(C#N)cc2C#N)no1. The average molecular weight is 299 g/mol. The van der Waals surface area contributed by atoms with Gasteiger partial charge in [-0.25, -0.2) is 4.98 Å². The molecule has 0 radical (unpaired) electrons. The van der Waals surface area contributed by atoms with Crippen LogP contribution in [0.2, 0.25) is 0 Å². The molecule has 0 atom stereocenters. The van der Waals surface area contributed by atoms with E-state index in [-0.39, 0.29) is 17.3 Å². The minimum Gasteiger partial charge on any atom is -0.383 e. The van der Waals surface area contributed by atoms with Gasteiger partial charge in [-0.15, -0.1) is 0 Å². The Morgan fingerprint density at radius 2 is 2.00 bits per heavy atom. The fourth-order valence-electron chi connectivity index (χ4n) is 1.60. The number of aromatic nitrogens is 2. The number of nitrogen functional groups attached to an aromatic ring is 1. The number of rotatable bonds is 4. The van der Waals surface area contributed by atoms with E-state index in [1.165, 1.54) is 17.8 Å². The van der Waals surface area contributed by atoms with E-state index in [1.807, 2.05) is 32.1 Å². The summed E-state index contributed by atoms with van der Waals surface area (Å²) < 4.78 is 5.21. The molecule has 2 aromatic rings. The number of hydrogen-bond acceptors (Lipinski definition) is 7. The first kappa shape index (κ1) is 14.9. The van der Waals surface area contributed by atoms with Crippen molar-refractivity contribution >= 4 is 17.6 Å². The zero-order valence-corrected chi connectivity index (χ0v) is 12.4. The summed E-state index contributed by atoms with van der Waals surface area (Å²) in [6.45, 7) is 4.04. The van der Waals surface area contributed by atoms with Gasteiger partial charge in [-0.2, -0.15) is 10.5 Å². The van der Waals surface area contributed by atoms with Gasteiger partial charge in [0.1, 0.15) is 28.7 Å². The minimum absolute atomic E-state index is 0.127. The van der Waals surface area contributed by atoms with Gasteiger partial charge < -0.3 is 10.3 Å². The molecule has 7 heteroatoms. The molecule has 0 spiro atoms. The monoisotopic (exact) mass is 299 g/mol. The van der Waals surface area contributed by atoms with Crippen LogP contribution in [0.5, 0.6) is 0 Å². The Morgan fingerprint density at radius 1 is 1.29 bits per heavy atom. The largest absolute Gasteiger partial charge is 0.383 e. The maximum atomic E-state index is 9.12. The third kappa shape index (κ3) is 3.33. The first-order valence-electron chi connectivity index (χ1n) is 6.24. The smallest absolute Gasteiger partial charge is 0.142 e. The molecule has 0 saturated heterocycles. The molecule has 21 heavy (non-hydrogen) atoms. The van der Waals surface area contributed by atoms with E-state index >= 15 is 0 Å². The number of nitrogens with zero attached hydrogens (tertiary/aromatic N) is 4. The van der Waals surface area contributed by atoms with Crippen LogP contribution in [0.4, 0.5) is 5.82 Å². The van der Waals surface area contributed by atoms with Crippen LogP contribution in [-0.2, 0) is 5.75 Å². The van der Waals surface area contributed by atoms with E-state index in [4.69, 9.17) is 20.8 Å². The van der Waals surface area contributed by atoms with E-state index in [1.54, 1.807) is 0 Å². The molecule has 0 aliphatic carbocycles. The van der Waals surface area contributed by atoms with Crippen LogP contribution in [0.25, 0.3) is 0 Å². The third-order valence-corrected chi connectivity index (χ3v) is 3.79. The lowest BCUT2D eigenvalue weighted by atomic mass is 10.1. The van der Waals surface area contributed by atoms with Crippen LogP contribution in [0.3, 0.4) is 0 Å². The molecular formula is C14H13N5OS. The zero-order valence-electron chi connectivity index (χ0n) is 11.6. The molecular weight excluding hydrogens is 286 g/mol. The molecule has 0 aliphatic heterocycles. The summed E-state index contributed by atoms with van der Waals surface area (Å²) in [5.74, 6) is 1.73. The van der Waals surface area contributed by atoms with E-state index in [2.05, 4.69) is 10.1 Å². The summed E-state index contributed by atoms with van der Waals surface area (Å²) in [4.78, 5) is 4.11. The topological polar surface area (TPSA) is 113 Å². The predicted molar refractivity (Wildman–Crippen MR) is 78.2 cm³/mol. The van der Waals surface area contributed by atoms with Crippen LogP contribution >= 0.6 is 11.8 Å². The number of nitrogens with two attached hydrogens (primary N) is 1. The maximum Gasteiger partial charge on any atom is 0.142 e. The summed E-state index contributed by atoms with van der Waals surface area (Å²) in [5.41, 5.74) is 6.99. The fourth-order valence-corrected chi connectivity index (χ4v) is 2.44. The quantitative estimate of drug-likeness (QED) is 0.863. The van der Waals surface area contributed by atoms with Crippen LogP contribution in [0.15, 0.2) is 21.7 Å². The van der Waals surface area contributed by atoms with Crippen molar-refractivity contribution in [1.82, 2.24) is 10.1 Å². The maximum absolute atomic E-state index is 9.12. The molecule has 0 fully saturated rings. The molecule has 0 bridgehead atoms. The first-order chi connectivity index (χ1) is 10.0. The number of anilines is 1. The van der Waals surface area contributed by atoms with Crippen molar-refractivity contribution < 1.29 is 4.52 Å². The molecule has 106 valence electrons. The Balaban J connectivity index is 2.18. The molecule has 2 heterocycles. The molecule has 6 nitrogen and oxygen atoms in total. The highest BCUT2D eigenvalue weighted by molar-refractivity contribution is 7.98. The number of hydrogen-bond donors (Lipinski definition) is 1. The summed E-state index contributed by atoms with van der Waals surface area (Å²) in [7, 11) is 0. The number of thioether (sulfide) groups is 1.